The molecule has 40 heavy (non-hydrogen) atoms. The summed E-state index contributed by atoms with van der Waals surface area (Å²) in [7, 11) is 0. The Labute approximate surface area is 275 Å². The van der Waals surface area contributed by atoms with E-state index in [9.17, 15) is 28.8 Å². The van der Waals surface area contributed by atoms with Gasteiger partial charge < -0.3 is 28.8 Å². The summed E-state index contributed by atoms with van der Waals surface area (Å²) in [4.78, 5) is 68.7. The van der Waals surface area contributed by atoms with Gasteiger partial charge in [0.1, 0.15) is 0 Å². The predicted molar refractivity (Wildman–Crippen MR) is 160 cm³/mol. The monoisotopic (exact) mass is 715 g/mol. The number of hydrogen-bond acceptors (Lipinski definition) is 6. The van der Waals surface area contributed by atoms with Crippen molar-refractivity contribution >= 4 is 34.7 Å². The zero-order valence-electron chi connectivity index (χ0n) is 28.5. The summed E-state index contributed by atoms with van der Waals surface area (Å²) in [6.45, 7) is 32.5. The maximum absolute atomic E-state index is 11.4. The van der Waals surface area contributed by atoms with Crippen molar-refractivity contribution in [2.75, 3.05) is 0 Å². The molecule has 0 aromatic rings. The van der Waals surface area contributed by atoms with Gasteiger partial charge in [-0.2, -0.15) is 0 Å². The van der Waals surface area contributed by atoms with Gasteiger partial charge in [-0.05, 0) is 32.5 Å². The molecule has 0 atom stereocenters. The van der Waals surface area contributed by atoms with Crippen molar-refractivity contribution in [1.82, 2.24) is 0 Å². The Kier molecular flexibility index (Phi) is 18.9. The molecular weight excluding hydrogens is 660 g/mol. The Morgan fingerprint density at radius 1 is 0.275 bits per heavy atom. The van der Waals surface area contributed by atoms with Crippen molar-refractivity contribution in [3.05, 3.63) is 19.3 Å². The number of rotatable bonds is 6. The second-order valence-corrected chi connectivity index (χ2v) is 16.1. The first-order chi connectivity index (χ1) is 16.6. The van der Waals surface area contributed by atoms with Gasteiger partial charge >= 0.3 is 37.3 Å². The van der Waals surface area contributed by atoms with Crippen LogP contribution < -0.4 is 0 Å². The summed E-state index contributed by atoms with van der Waals surface area (Å²) in [5.41, 5.74) is -2.74. The summed E-state index contributed by atoms with van der Waals surface area (Å²) in [6.07, 6.45) is 3.67. The van der Waals surface area contributed by atoms with E-state index in [1.165, 1.54) is 19.3 Å². The summed E-state index contributed by atoms with van der Waals surface area (Å²) in [5, 5.41) is 0. The van der Waals surface area contributed by atoms with Crippen LogP contribution >= 0.6 is 0 Å². The Balaban J connectivity index is -0.000000240. The fourth-order valence-electron chi connectivity index (χ4n) is 1.66. The van der Waals surface area contributed by atoms with Crippen LogP contribution in [-0.2, 0) is 28.8 Å². The van der Waals surface area contributed by atoms with Crippen LogP contribution in [0.5, 0.6) is 0 Å². The van der Waals surface area contributed by atoms with Gasteiger partial charge in [-0.3, -0.25) is 19.3 Å². The van der Waals surface area contributed by atoms with Crippen molar-refractivity contribution in [2.24, 2.45) is 32.5 Å². The zero-order valence-corrected chi connectivity index (χ0v) is 30.3. The number of hydrogen-bond donors (Lipinski definition) is 0. The zero-order chi connectivity index (χ0) is 32.6. The maximum atomic E-state index is 11.4. The number of Topliss-reactive ketones (excluding diaryl/α,β-unsaturated/α-hetero) is 6. The second-order valence-electron chi connectivity index (χ2n) is 16.1. The van der Waals surface area contributed by atoms with Crippen molar-refractivity contribution in [3.63, 3.8) is 0 Å². The quantitative estimate of drug-likeness (QED) is 0.212. The van der Waals surface area contributed by atoms with Crippen LogP contribution in [0, 0.1) is 89.1 Å². The molecule has 0 amide bonds. The Morgan fingerprint density at radius 3 is 0.400 bits per heavy atom. The van der Waals surface area contributed by atoms with Gasteiger partial charge in [-0.15, -0.1) is 0 Å². The van der Waals surface area contributed by atoms with Gasteiger partial charge in [0.2, 0.25) is 0 Å². The first-order valence-electron chi connectivity index (χ1n) is 13.5. The predicted octanol–water partition coefficient (Wildman–Crippen LogP) is 7.26. The Morgan fingerprint density at radius 2 is 0.350 bits per heavy atom. The third kappa shape index (κ3) is 21.6. The van der Waals surface area contributed by atoms with E-state index in [1.807, 2.05) is 125 Å². The Bertz CT molecular complexity index is 693. The molecule has 1 radical (unpaired) electrons. The van der Waals surface area contributed by atoms with Crippen molar-refractivity contribution in [1.29, 1.82) is 0 Å². The van der Waals surface area contributed by atoms with E-state index in [4.69, 9.17) is 0 Å². The van der Waals surface area contributed by atoms with Gasteiger partial charge in [0.25, 0.3) is 0 Å². The molecule has 0 aromatic carbocycles. The molecule has 0 aliphatic rings. The van der Waals surface area contributed by atoms with E-state index in [-0.39, 0.29) is 72.0 Å². The second kappa shape index (κ2) is 16.5. The van der Waals surface area contributed by atoms with Crippen LogP contribution in [0.2, 0.25) is 0 Å². The van der Waals surface area contributed by atoms with Gasteiger partial charge in [0, 0.05) is 34.7 Å². The standard InChI is InChI=1S/3C11H19O2.Er/c3*1-10(2,3)8(12)7-9(13)11(4,5)6;/h3*7H,1-6H3;/q3*-1;+3. The third-order valence-corrected chi connectivity index (χ3v) is 5.22. The molecule has 0 bridgehead atoms. The van der Waals surface area contributed by atoms with Crippen LogP contribution in [-0.4, -0.2) is 34.7 Å². The Hall–Kier alpha value is -1.12. The van der Waals surface area contributed by atoms with Crippen LogP contribution in [0.3, 0.4) is 0 Å². The number of carbonyl (C=O) groups is 6. The molecule has 0 aliphatic carbocycles. The molecule has 0 heterocycles. The first kappa shape index (κ1) is 45.9. The van der Waals surface area contributed by atoms with Crippen LogP contribution in [0.15, 0.2) is 0 Å². The molecule has 0 saturated heterocycles. The molecule has 0 saturated carbocycles. The molecule has 0 N–H and O–H groups in total. The van der Waals surface area contributed by atoms with Crippen LogP contribution in [0.4, 0.5) is 0 Å². The van der Waals surface area contributed by atoms with Crippen molar-refractivity contribution in [3.8, 4) is 0 Å². The third-order valence-electron chi connectivity index (χ3n) is 5.22. The van der Waals surface area contributed by atoms with Gasteiger partial charge in [0.15, 0.2) is 0 Å². The van der Waals surface area contributed by atoms with E-state index in [2.05, 4.69) is 0 Å². The maximum Gasteiger partial charge on any atom is 3.00 e. The average Bonchev–Trinajstić information content (AvgIpc) is 2.64. The topological polar surface area (TPSA) is 102 Å². The minimum atomic E-state index is -0.457. The molecule has 0 spiro atoms. The summed E-state index contributed by atoms with van der Waals surface area (Å²) in [5.74, 6) is -0.625. The fraction of sp³-hybridized carbons (Fsp3) is 0.727. The minimum Gasteiger partial charge on any atom is -0.333 e. The summed E-state index contributed by atoms with van der Waals surface area (Å²) >= 11 is 0. The van der Waals surface area contributed by atoms with E-state index < -0.39 is 32.5 Å². The molecule has 0 aromatic heterocycles. The number of carbonyl (C=O) groups excluding carboxylic acids is 6. The average molecular weight is 717 g/mol. The van der Waals surface area contributed by atoms with E-state index in [1.54, 1.807) is 0 Å². The van der Waals surface area contributed by atoms with Crippen LogP contribution in [0.25, 0.3) is 0 Å². The summed E-state index contributed by atoms with van der Waals surface area (Å²) in [6, 6.07) is 0. The molecule has 237 valence electrons. The number of ketones is 6. The van der Waals surface area contributed by atoms with Crippen molar-refractivity contribution < 1.29 is 66.1 Å². The normalized spacial score (nSPS) is 12.2. The van der Waals surface area contributed by atoms with Gasteiger partial charge in [-0.1, -0.05) is 125 Å². The smallest absolute Gasteiger partial charge is 0.333 e. The largest absolute Gasteiger partial charge is 3.00 e. The van der Waals surface area contributed by atoms with Gasteiger partial charge in [-0.25, -0.2) is 0 Å². The molecule has 0 rings (SSSR count). The molecule has 6 nitrogen and oxygen atoms in total. The minimum absolute atomic E-state index is 0. The van der Waals surface area contributed by atoms with E-state index >= 15 is 0 Å². The first-order valence-corrected chi connectivity index (χ1v) is 13.5. The van der Waals surface area contributed by atoms with Crippen molar-refractivity contribution in [2.45, 2.75) is 125 Å². The SMILES string of the molecule is CC(C)(C)C(=O)[CH-]C(=O)C(C)(C)C.CC(C)(C)C(=O)[CH-]C(=O)C(C)(C)C.CC(C)(C)C(=O)[CH-]C(=O)C(C)(C)C.[Er+3]. The summed E-state index contributed by atoms with van der Waals surface area (Å²) < 4.78 is 0. The van der Waals surface area contributed by atoms with Gasteiger partial charge in [0.05, 0.1) is 0 Å². The molecule has 7 heteroatoms. The molecule has 0 unspecified atom stereocenters. The molecule has 0 aliphatic heterocycles. The van der Waals surface area contributed by atoms with Crippen LogP contribution in [0.1, 0.15) is 125 Å². The molecule has 0 fully saturated rings. The fourth-order valence-corrected chi connectivity index (χ4v) is 1.66. The molecular formula is C33H57ErO6. The van der Waals surface area contributed by atoms with E-state index in [0.717, 1.165) is 0 Å². The van der Waals surface area contributed by atoms with E-state index in [0.29, 0.717) is 0 Å².